The van der Waals surface area contributed by atoms with Crippen LogP contribution < -0.4 is 5.32 Å². The number of halogens is 2. The van der Waals surface area contributed by atoms with Crippen molar-refractivity contribution >= 4 is 30.7 Å². The Morgan fingerprint density at radius 1 is 1.24 bits per heavy atom. The van der Waals surface area contributed by atoms with Crippen molar-refractivity contribution in [2.24, 2.45) is 11.8 Å². The van der Waals surface area contributed by atoms with Gasteiger partial charge in [0.1, 0.15) is 0 Å². The van der Waals surface area contributed by atoms with Gasteiger partial charge in [0, 0.05) is 32.4 Å². The summed E-state index contributed by atoms with van der Waals surface area (Å²) in [6.07, 6.45) is 4.19. The Balaban J connectivity index is 0.00000113. The number of likely N-dealkylation sites (tertiary alicyclic amines) is 1. The average Bonchev–Trinajstić information content (AvgIpc) is 3.28. The Morgan fingerprint density at radius 2 is 1.96 bits per heavy atom. The molecule has 0 aliphatic carbocycles. The Kier molecular flexibility index (Phi) is 6.43. The van der Waals surface area contributed by atoms with Crippen LogP contribution >= 0.6 is 24.8 Å². The van der Waals surface area contributed by atoms with Gasteiger partial charge in [-0.3, -0.25) is 4.79 Å². The molecule has 25 heavy (non-hydrogen) atoms. The van der Waals surface area contributed by atoms with E-state index in [1.54, 1.807) is 17.1 Å². The minimum Gasteiger partial charge on any atom is -0.338 e. The monoisotopic (exact) mass is 383 g/mol. The topological polar surface area (TPSA) is 63.1 Å². The molecule has 2 aliphatic heterocycles. The molecule has 0 aromatic carbocycles. The number of nitrogens with one attached hydrogen (secondary N) is 1. The molecule has 2 atom stereocenters. The summed E-state index contributed by atoms with van der Waals surface area (Å²) in [5.74, 6) is 2.08. The van der Waals surface area contributed by atoms with Crippen LogP contribution in [-0.2, 0) is 6.42 Å². The van der Waals surface area contributed by atoms with Crippen LogP contribution in [0.2, 0.25) is 0 Å². The molecule has 2 saturated heterocycles. The smallest absolute Gasteiger partial charge is 0.257 e. The predicted molar refractivity (Wildman–Crippen MR) is 101 cm³/mol. The molecule has 0 unspecified atom stereocenters. The molecule has 4 rings (SSSR count). The standard InChI is InChI=1S/C17H21N5O.2ClH/c1-2-15-14(9-20-22(15)16-5-3-4-6-19-16)17(23)21-10-12-7-18-8-13(12)11-21;;/h3-6,9,12-13,18H,2,7-8,10-11H2,1H3;2*1H/t12-,13+;;. The maximum Gasteiger partial charge on any atom is 0.257 e. The summed E-state index contributed by atoms with van der Waals surface area (Å²) in [7, 11) is 0. The fourth-order valence-electron chi connectivity index (χ4n) is 3.76. The first kappa shape index (κ1) is 19.7. The normalized spacial score (nSPS) is 21.4. The highest BCUT2D eigenvalue weighted by atomic mass is 35.5. The minimum absolute atomic E-state index is 0. The summed E-state index contributed by atoms with van der Waals surface area (Å²) in [5, 5.41) is 7.83. The van der Waals surface area contributed by atoms with Gasteiger partial charge in [-0.15, -0.1) is 24.8 Å². The summed E-state index contributed by atoms with van der Waals surface area (Å²) >= 11 is 0. The van der Waals surface area contributed by atoms with Gasteiger partial charge in [0.05, 0.1) is 17.5 Å². The zero-order chi connectivity index (χ0) is 15.8. The van der Waals surface area contributed by atoms with E-state index in [-0.39, 0.29) is 30.7 Å². The first-order valence-corrected chi connectivity index (χ1v) is 8.26. The Hall–Kier alpha value is -1.63. The second-order valence-electron chi connectivity index (χ2n) is 6.35. The maximum absolute atomic E-state index is 12.9. The van der Waals surface area contributed by atoms with Crippen molar-refractivity contribution in [3.63, 3.8) is 0 Å². The third-order valence-corrected chi connectivity index (χ3v) is 4.98. The molecule has 4 heterocycles. The molecule has 6 nitrogen and oxygen atoms in total. The largest absolute Gasteiger partial charge is 0.338 e. The summed E-state index contributed by atoms with van der Waals surface area (Å²) in [5.41, 5.74) is 1.65. The number of fused-ring (bicyclic) bond motifs is 1. The molecular weight excluding hydrogens is 361 g/mol. The van der Waals surface area contributed by atoms with Gasteiger partial charge >= 0.3 is 0 Å². The van der Waals surface area contributed by atoms with Crippen LogP contribution in [0.5, 0.6) is 0 Å². The molecule has 2 aromatic heterocycles. The minimum atomic E-state index is 0. The highest BCUT2D eigenvalue weighted by Gasteiger charge is 2.39. The van der Waals surface area contributed by atoms with E-state index in [4.69, 9.17) is 0 Å². The number of nitrogens with zero attached hydrogens (tertiary/aromatic N) is 4. The number of rotatable bonds is 3. The second-order valence-corrected chi connectivity index (χ2v) is 6.35. The van der Waals surface area contributed by atoms with E-state index in [9.17, 15) is 4.79 Å². The van der Waals surface area contributed by atoms with Crippen LogP contribution in [0.3, 0.4) is 0 Å². The van der Waals surface area contributed by atoms with Crippen molar-refractivity contribution < 1.29 is 4.79 Å². The van der Waals surface area contributed by atoms with E-state index in [1.807, 2.05) is 23.1 Å². The van der Waals surface area contributed by atoms with Gasteiger partial charge in [-0.05, 0) is 30.4 Å². The van der Waals surface area contributed by atoms with E-state index < -0.39 is 0 Å². The lowest BCUT2D eigenvalue weighted by Gasteiger charge is -2.17. The fourth-order valence-corrected chi connectivity index (χ4v) is 3.76. The van der Waals surface area contributed by atoms with E-state index in [0.29, 0.717) is 17.4 Å². The first-order valence-electron chi connectivity index (χ1n) is 8.26. The number of hydrogen-bond acceptors (Lipinski definition) is 4. The molecule has 0 spiro atoms. The SMILES string of the molecule is CCc1c(C(=O)N2C[C@H]3CNC[C@H]3C2)cnn1-c1ccccn1.Cl.Cl. The molecule has 2 aromatic rings. The van der Waals surface area contributed by atoms with Crippen molar-refractivity contribution in [3.8, 4) is 5.82 Å². The fraction of sp³-hybridized carbons (Fsp3) is 0.471. The summed E-state index contributed by atoms with van der Waals surface area (Å²) in [4.78, 5) is 19.3. The van der Waals surface area contributed by atoms with Crippen LogP contribution in [0.15, 0.2) is 30.6 Å². The Morgan fingerprint density at radius 3 is 2.56 bits per heavy atom. The molecule has 0 radical (unpaired) electrons. The van der Waals surface area contributed by atoms with Crippen molar-refractivity contribution in [3.05, 3.63) is 41.9 Å². The molecular formula is C17H23Cl2N5O. The van der Waals surface area contributed by atoms with Crippen LogP contribution in [0.25, 0.3) is 5.82 Å². The highest BCUT2D eigenvalue weighted by Crippen LogP contribution is 2.28. The maximum atomic E-state index is 12.9. The number of hydrogen-bond donors (Lipinski definition) is 1. The summed E-state index contributed by atoms with van der Waals surface area (Å²) in [6.45, 7) is 5.82. The zero-order valence-electron chi connectivity index (χ0n) is 14.1. The lowest BCUT2D eigenvalue weighted by atomic mass is 10.0. The molecule has 8 heteroatoms. The number of carbonyl (C=O) groups excluding carboxylic acids is 1. The van der Waals surface area contributed by atoms with Crippen LogP contribution in [0.4, 0.5) is 0 Å². The van der Waals surface area contributed by atoms with Crippen molar-refractivity contribution in [2.45, 2.75) is 13.3 Å². The third kappa shape index (κ3) is 3.52. The predicted octanol–water partition coefficient (Wildman–Crippen LogP) is 1.96. The highest BCUT2D eigenvalue weighted by molar-refractivity contribution is 5.95. The molecule has 0 bridgehead atoms. The molecule has 1 amide bonds. The van der Waals surface area contributed by atoms with Crippen molar-refractivity contribution in [1.29, 1.82) is 0 Å². The van der Waals surface area contributed by atoms with E-state index in [2.05, 4.69) is 22.3 Å². The quantitative estimate of drug-likeness (QED) is 0.879. The third-order valence-electron chi connectivity index (χ3n) is 4.98. The molecule has 2 fully saturated rings. The average molecular weight is 384 g/mol. The molecule has 1 N–H and O–H groups in total. The van der Waals surface area contributed by atoms with Gasteiger partial charge in [0.15, 0.2) is 5.82 Å². The molecule has 136 valence electrons. The lowest BCUT2D eigenvalue weighted by molar-refractivity contribution is 0.0780. The van der Waals surface area contributed by atoms with E-state index in [1.165, 1.54) is 0 Å². The molecule has 0 saturated carbocycles. The van der Waals surface area contributed by atoms with Gasteiger partial charge in [-0.1, -0.05) is 13.0 Å². The molecule has 2 aliphatic rings. The number of carbonyl (C=O) groups is 1. The summed E-state index contributed by atoms with van der Waals surface area (Å²) in [6, 6.07) is 5.72. The second kappa shape index (κ2) is 8.17. The van der Waals surface area contributed by atoms with Crippen LogP contribution in [0, 0.1) is 11.8 Å². The van der Waals surface area contributed by atoms with Crippen LogP contribution in [-0.4, -0.2) is 51.8 Å². The van der Waals surface area contributed by atoms with E-state index in [0.717, 1.165) is 44.1 Å². The van der Waals surface area contributed by atoms with Gasteiger partial charge in [-0.2, -0.15) is 5.10 Å². The Labute approximate surface area is 159 Å². The van der Waals surface area contributed by atoms with Gasteiger partial charge in [-0.25, -0.2) is 9.67 Å². The summed E-state index contributed by atoms with van der Waals surface area (Å²) < 4.78 is 1.78. The Bertz CT molecular complexity index is 709. The number of pyridine rings is 1. The first-order chi connectivity index (χ1) is 11.3. The number of amides is 1. The lowest BCUT2D eigenvalue weighted by Crippen LogP contribution is -2.32. The van der Waals surface area contributed by atoms with Gasteiger partial charge in [0.25, 0.3) is 5.91 Å². The van der Waals surface area contributed by atoms with Crippen LogP contribution in [0.1, 0.15) is 23.0 Å². The van der Waals surface area contributed by atoms with Crippen molar-refractivity contribution in [1.82, 2.24) is 25.0 Å². The van der Waals surface area contributed by atoms with Crippen molar-refractivity contribution in [2.75, 3.05) is 26.2 Å². The zero-order valence-corrected chi connectivity index (χ0v) is 15.7. The number of aromatic nitrogens is 3. The van der Waals surface area contributed by atoms with E-state index >= 15 is 0 Å². The van der Waals surface area contributed by atoms with Gasteiger partial charge in [0.2, 0.25) is 0 Å². The van der Waals surface area contributed by atoms with Gasteiger partial charge < -0.3 is 10.2 Å².